The van der Waals surface area contributed by atoms with Crippen molar-refractivity contribution in [2.45, 2.75) is 142 Å². The minimum absolute atomic E-state index is 0.939. The molecule has 0 aliphatic heterocycles. The molecule has 0 amide bonds. The molecule has 0 heterocycles. The molecule has 0 saturated carbocycles. The van der Waals surface area contributed by atoms with Gasteiger partial charge in [0.05, 0.1) is 0 Å². The second-order valence-electron chi connectivity index (χ2n) is 14.3. The second-order valence-corrected chi connectivity index (χ2v) is 14.3. The van der Waals surface area contributed by atoms with Gasteiger partial charge in [0.15, 0.2) is 0 Å². The van der Waals surface area contributed by atoms with Crippen LogP contribution in [0.5, 0.6) is 0 Å². The van der Waals surface area contributed by atoms with Crippen LogP contribution in [-0.4, -0.2) is 0 Å². The summed E-state index contributed by atoms with van der Waals surface area (Å²) in [5.74, 6) is 0. The van der Waals surface area contributed by atoms with Crippen LogP contribution in [0.4, 0.5) is 11.4 Å². The van der Waals surface area contributed by atoms with Crippen LogP contribution in [0, 0.1) is 0 Å². The monoisotopic (exact) mass is 645 g/mol. The van der Waals surface area contributed by atoms with E-state index in [4.69, 9.17) is 11.5 Å². The number of nitrogen functional groups attached to an aromatic ring is 2. The van der Waals surface area contributed by atoms with Crippen molar-refractivity contribution in [2.24, 2.45) is 0 Å². The molecule has 0 aliphatic rings. The molecular formula is C46H64N2. The number of aryl methyl sites for hydroxylation is 4. The molecule has 0 aromatic heterocycles. The topological polar surface area (TPSA) is 52.0 Å². The molecule has 0 radical (unpaired) electrons. The summed E-state index contributed by atoms with van der Waals surface area (Å²) in [4.78, 5) is 0. The van der Waals surface area contributed by atoms with E-state index < -0.39 is 0 Å². The van der Waals surface area contributed by atoms with Crippen molar-refractivity contribution in [3.8, 4) is 0 Å². The SMILES string of the molecule is CCCCc1cc(Cc2ccc(CCCCCCCCCCCCc3ccc(Cc4ccc(N)c(CCCC)c4)cc3)cc2)ccc1N. The maximum atomic E-state index is 6.20. The lowest BCUT2D eigenvalue weighted by atomic mass is 9.97. The van der Waals surface area contributed by atoms with Crippen LogP contribution in [-0.2, 0) is 38.5 Å². The number of hydrogen-bond acceptors (Lipinski definition) is 2. The van der Waals surface area contributed by atoms with Gasteiger partial charge in [-0.05, 0) is 121 Å². The van der Waals surface area contributed by atoms with Crippen LogP contribution < -0.4 is 11.5 Å². The Morgan fingerprint density at radius 3 is 1.00 bits per heavy atom. The molecule has 258 valence electrons. The number of nitrogens with two attached hydrogens (primary N) is 2. The molecule has 4 rings (SSSR count). The van der Waals surface area contributed by atoms with Gasteiger partial charge in [-0.25, -0.2) is 0 Å². The molecule has 4 N–H and O–H groups in total. The summed E-state index contributed by atoms with van der Waals surface area (Å²) >= 11 is 0. The summed E-state index contributed by atoms with van der Waals surface area (Å²) in [5.41, 5.74) is 25.4. The Bertz CT molecular complexity index is 1340. The average molecular weight is 645 g/mol. The molecule has 0 aliphatic carbocycles. The highest BCUT2D eigenvalue weighted by Crippen LogP contribution is 2.22. The first-order chi connectivity index (χ1) is 23.5. The summed E-state index contributed by atoms with van der Waals surface area (Å²) in [6.45, 7) is 4.47. The van der Waals surface area contributed by atoms with Crippen LogP contribution in [0.3, 0.4) is 0 Å². The normalized spacial score (nSPS) is 11.3. The van der Waals surface area contributed by atoms with E-state index in [1.165, 1.54) is 147 Å². The van der Waals surface area contributed by atoms with E-state index in [9.17, 15) is 0 Å². The summed E-state index contributed by atoms with van der Waals surface area (Å²) < 4.78 is 0. The van der Waals surface area contributed by atoms with Gasteiger partial charge in [-0.2, -0.15) is 0 Å². The van der Waals surface area contributed by atoms with Crippen molar-refractivity contribution >= 4 is 11.4 Å². The molecule has 0 fully saturated rings. The van der Waals surface area contributed by atoms with Gasteiger partial charge in [-0.3, -0.25) is 0 Å². The third-order valence-electron chi connectivity index (χ3n) is 10.1. The van der Waals surface area contributed by atoms with Crippen molar-refractivity contribution in [1.29, 1.82) is 0 Å². The van der Waals surface area contributed by atoms with Gasteiger partial charge in [0.1, 0.15) is 0 Å². The molecular weight excluding hydrogens is 581 g/mol. The molecule has 4 aromatic rings. The van der Waals surface area contributed by atoms with E-state index in [1.807, 2.05) is 0 Å². The van der Waals surface area contributed by atoms with Gasteiger partial charge < -0.3 is 11.5 Å². The highest BCUT2D eigenvalue weighted by Gasteiger charge is 2.05. The number of unbranched alkanes of at least 4 members (excludes halogenated alkanes) is 11. The quantitative estimate of drug-likeness (QED) is 0.0623. The zero-order valence-electron chi connectivity index (χ0n) is 30.4. The molecule has 4 aromatic carbocycles. The number of hydrogen-bond donors (Lipinski definition) is 2. The molecule has 0 spiro atoms. The van der Waals surface area contributed by atoms with Gasteiger partial charge in [-0.1, -0.05) is 151 Å². The lowest BCUT2D eigenvalue weighted by Crippen LogP contribution is -1.97. The molecule has 2 heteroatoms. The molecule has 0 unspecified atom stereocenters. The Balaban J connectivity index is 0.994. The molecule has 2 nitrogen and oxygen atoms in total. The van der Waals surface area contributed by atoms with Crippen LogP contribution in [0.1, 0.15) is 148 Å². The number of benzene rings is 4. The van der Waals surface area contributed by atoms with E-state index >= 15 is 0 Å². The minimum atomic E-state index is 0.939. The van der Waals surface area contributed by atoms with Crippen LogP contribution >= 0.6 is 0 Å². The Hall–Kier alpha value is -3.52. The average Bonchev–Trinajstić information content (AvgIpc) is 3.10. The second kappa shape index (κ2) is 21.5. The van der Waals surface area contributed by atoms with Crippen molar-refractivity contribution in [2.75, 3.05) is 11.5 Å². The first kappa shape index (κ1) is 37.3. The maximum Gasteiger partial charge on any atom is 0.0346 e. The lowest BCUT2D eigenvalue weighted by Gasteiger charge is -2.09. The fraction of sp³-hybridized carbons (Fsp3) is 0.478. The number of rotatable bonds is 23. The van der Waals surface area contributed by atoms with Gasteiger partial charge >= 0.3 is 0 Å². The van der Waals surface area contributed by atoms with Crippen molar-refractivity contribution in [3.05, 3.63) is 129 Å². The predicted octanol–water partition coefficient (Wildman–Crippen LogP) is 12.4. The molecule has 48 heavy (non-hydrogen) atoms. The maximum absolute atomic E-state index is 6.20. The Morgan fingerprint density at radius 1 is 0.333 bits per heavy atom. The number of anilines is 2. The van der Waals surface area contributed by atoms with Crippen LogP contribution in [0.25, 0.3) is 0 Å². The highest BCUT2D eigenvalue weighted by molar-refractivity contribution is 5.50. The third-order valence-corrected chi connectivity index (χ3v) is 10.1. The fourth-order valence-corrected chi connectivity index (χ4v) is 6.90. The van der Waals surface area contributed by atoms with Crippen molar-refractivity contribution < 1.29 is 0 Å². The standard InChI is InChI=1S/C46H64N2/c1-3-5-19-43-35-41(29-31-45(43)47)33-39-25-21-37(22-26-39)17-15-13-11-9-7-8-10-12-14-16-18-38-23-27-40(28-24-38)34-42-30-32-46(48)44(36-42)20-6-4-2/h21-32,35-36H,3-20,33-34,47-48H2,1-2H3. The van der Waals surface area contributed by atoms with Gasteiger partial charge in [0.2, 0.25) is 0 Å². The Labute approximate surface area is 293 Å². The summed E-state index contributed by atoms with van der Waals surface area (Å²) in [7, 11) is 0. The first-order valence-corrected chi connectivity index (χ1v) is 19.4. The van der Waals surface area contributed by atoms with Gasteiger partial charge in [0.25, 0.3) is 0 Å². The highest BCUT2D eigenvalue weighted by atomic mass is 14.6. The zero-order valence-corrected chi connectivity index (χ0v) is 30.4. The largest absolute Gasteiger partial charge is 0.399 e. The van der Waals surface area contributed by atoms with E-state index in [0.29, 0.717) is 0 Å². The van der Waals surface area contributed by atoms with E-state index in [-0.39, 0.29) is 0 Å². The zero-order chi connectivity index (χ0) is 33.8. The van der Waals surface area contributed by atoms with E-state index in [0.717, 1.165) is 37.1 Å². The summed E-state index contributed by atoms with van der Waals surface area (Å²) in [6, 6.07) is 31.8. The predicted molar refractivity (Wildman–Crippen MR) is 211 cm³/mol. The van der Waals surface area contributed by atoms with E-state index in [2.05, 4.69) is 98.8 Å². The van der Waals surface area contributed by atoms with Crippen LogP contribution in [0.15, 0.2) is 84.9 Å². The summed E-state index contributed by atoms with van der Waals surface area (Å²) in [5, 5.41) is 0. The van der Waals surface area contributed by atoms with Gasteiger partial charge in [0, 0.05) is 11.4 Å². The Kier molecular flexibility index (Phi) is 16.7. The Morgan fingerprint density at radius 2 is 0.646 bits per heavy atom. The fourth-order valence-electron chi connectivity index (χ4n) is 6.90. The third kappa shape index (κ3) is 13.5. The first-order valence-electron chi connectivity index (χ1n) is 19.4. The van der Waals surface area contributed by atoms with Crippen LogP contribution in [0.2, 0.25) is 0 Å². The van der Waals surface area contributed by atoms with Gasteiger partial charge in [-0.15, -0.1) is 0 Å². The minimum Gasteiger partial charge on any atom is -0.399 e. The van der Waals surface area contributed by atoms with Crippen molar-refractivity contribution in [3.63, 3.8) is 0 Å². The molecule has 0 atom stereocenters. The van der Waals surface area contributed by atoms with E-state index in [1.54, 1.807) is 0 Å². The summed E-state index contributed by atoms with van der Waals surface area (Å²) in [6.07, 6.45) is 25.0. The smallest absolute Gasteiger partial charge is 0.0346 e. The van der Waals surface area contributed by atoms with Crippen molar-refractivity contribution in [1.82, 2.24) is 0 Å². The lowest BCUT2D eigenvalue weighted by molar-refractivity contribution is 0.551. The molecule has 0 saturated heterocycles. The molecule has 0 bridgehead atoms.